The molecule has 0 aliphatic carbocycles. The van der Waals surface area contributed by atoms with Crippen LogP contribution in [0.1, 0.15) is 29.0 Å². The number of nitrogens with zero attached hydrogens (tertiary/aromatic N) is 2. The summed E-state index contributed by atoms with van der Waals surface area (Å²) < 4.78 is 18.1. The largest absolute Gasteiger partial charge is 0.467 e. The summed E-state index contributed by atoms with van der Waals surface area (Å²) in [5.41, 5.74) is 2.53. The van der Waals surface area contributed by atoms with Crippen LogP contribution in [0.3, 0.4) is 0 Å². The molecule has 0 N–H and O–H groups in total. The molecular weight excluding hydrogens is 455 g/mol. The molecule has 1 amide bonds. The first kappa shape index (κ1) is 25.2. The van der Waals surface area contributed by atoms with Gasteiger partial charge in [-0.05, 0) is 35.4 Å². The van der Waals surface area contributed by atoms with Gasteiger partial charge in [0.25, 0.3) is 0 Å². The van der Waals surface area contributed by atoms with Crippen LogP contribution in [0, 0.1) is 17.7 Å². The molecule has 1 fully saturated rings. The highest BCUT2D eigenvalue weighted by Crippen LogP contribution is 2.29. The van der Waals surface area contributed by atoms with E-state index in [0.29, 0.717) is 32.6 Å². The maximum absolute atomic E-state index is 13.9. The van der Waals surface area contributed by atoms with Crippen LogP contribution in [0.25, 0.3) is 0 Å². The second kappa shape index (κ2) is 12.1. The Bertz CT molecular complexity index is 1180. The molecule has 36 heavy (non-hydrogen) atoms. The molecule has 1 heterocycles. The van der Waals surface area contributed by atoms with Crippen LogP contribution < -0.4 is 0 Å². The van der Waals surface area contributed by atoms with E-state index in [9.17, 15) is 14.0 Å². The summed E-state index contributed by atoms with van der Waals surface area (Å²) >= 11 is 0. The van der Waals surface area contributed by atoms with Gasteiger partial charge >= 0.3 is 5.97 Å². The lowest BCUT2D eigenvalue weighted by Crippen LogP contribution is -2.59. The zero-order valence-electron chi connectivity index (χ0n) is 20.3. The van der Waals surface area contributed by atoms with Crippen molar-refractivity contribution in [1.82, 2.24) is 9.80 Å². The van der Waals surface area contributed by atoms with Crippen LogP contribution in [0.15, 0.2) is 84.9 Å². The molecule has 3 aromatic rings. The molecule has 4 rings (SSSR count). The summed E-state index contributed by atoms with van der Waals surface area (Å²) in [6.07, 6.45) is 0.593. The number of hydrogen-bond donors (Lipinski definition) is 0. The van der Waals surface area contributed by atoms with Gasteiger partial charge in [-0.15, -0.1) is 0 Å². The summed E-state index contributed by atoms with van der Waals surface area (Å²) in [7, 11) is 1.35. The fourth-order valence-electron chi connectivity index (χ4n) is 4.49. The lowest BCUT2D eigenvalue weighted by Gasteiger charge is -2.41. The molecule has 0 spiro atoms. The SMILES string of the molecule is COC(=O)C1CN(CCC#Cc2ccc(F)cc2)CCN1C(=O)C(c1ccccc1)c1ccccc1. The number of benzene rings is 3. The van der Waals surface area contributed by atoms with Gasteiger partial charge in [-0.1, -0.05) is 72.5 Å². The van der Waals surface area contributed by atoms with Crippen LogP contribution in [0.5, 0.6) is 0 Å². The number of amides is 1. The van der Waals surface area contributed by atoms with Gasteiger partial charge in [0, 0.05) is 38.2 Å². The molecule has 3 aromatic carbocycles. The van der Waals surface area contributed by atoms with Crippen molar-refractivity contribution in [3.63, 3.8) is 0 Å². The molecular formula is C30H29FN2O3. The van der Waals surface area contributed by atoms with E-state index in [1.807, 2.05) is 60.7 Å². The maximum atomic E-state index is 13.9. The zero-order valence-corrected chi connectivity index (χ0v) is 20.3. The lowest BCUT2D eigenvalue weighted by molar-refractivity contribution is -0.156. The highest BCUT2D eigenvalue weighted by molar-refractivity contribution is 5.91. The van der Waals surface area contributed by atoms with Crippen molar-refractivity contribution < 1.29 is 18.7 Å². The number of methoxy groups -OCH3 is 1. The van der Waals surface area contributed by atoms with Gasteiger partial charge in [-0.25, -0.2) is 9.18 Å². The number of piperazine rings is 1. The topological polar surface area (TPSA) is 49.9 Å². The molecule has 5 nitrogen and oxygen atoms in total. The molecule has 184 valence electrons. The second-order valence-corrected chi connectivity index (χ2v) is 8.68. The number of rotatable bonds is 6. The molecule has 0 radical (unpaired) electrons. The van der Waals surface area contributed by atoms with E-state index in [0.717, 1.165) is 16.7 Å². The third kappa shape index (κ3) is 6.18. The van der Waals surface area contributed by atoms with Gasteiger partial charge in [-0.3, -0.25) is 9.69 Å². The minimum Gasteiger partial charge on any atom is -0.467 e. The Balaban J connectivity index is 1.48. The monoisotopic (exact) mass is 484 g/mol. The molecule has 1 unspecified atom stereocenters. The van der Waals surface area contributed by atoms with Crippen LogP contribution in [0.4, 0.5) is 4.39 Å². The van der Waals surface area contributed by atoms with E-state index in [4.69, 9.17) is 4.74 Å². The van der Waals surface area contributed by atoms with Crippen LogP contribution in [0.2, 0.25) is 0 Å². The third-order valence-corrected chi connectivity index (χ3v) is 6.36. The normalized spacial score (nSPS) is 15.8. The summed E-state index contributed by atoms with van der Waals surface area (Å²) in [6, 6.07) is 24.7. The van der Waals surface area contributed by atoms with Gasteiger partial charge in [0.15, 0.2) is 0 Å². The number of ether oxygens (including phenoxy) is 1. The van der Waals surface area contributed by atoms with Gasteiger partial charge in [-0.2, -0.15) is 0 Å². The molecule has 1 aliphatic rings. The number of esters is 1. The molecule has 6 heteroatoms. The van der Waals surface area contributed by atoms with Crippen molar-refractivity contribution in [2.75, 3.05) is 33.3 Å². The van der Waals surface area contributed by atoms with E-state index >= 15 is 0 Å². The van der Waals surface area contributed by atoms with E-state index in [2.05, 4.69) is 16.7 Å². The van der Waals surface area contributed by atoms with Crippen LogP contribution >= 0.6 is 0 Å². The first-order valence-corrected chi connectivity index (χ1v) is 12.0. The average molecular weight is 485 g/mol. The summed E-state index contributed by atoms with van der Waals surface area (Å²) in [5, 5.41) is 0. The summed E-state index contributed by atoms with van der Waals surface area (Å²) in [5.74, 6) is 4.81. The quantitative estimate of drug-likeness (QED) is 0.391. The van der Waals surface area contributed by atoms with Crippen molar-refractivity contribution in [1.29, 1.82) is 0 Å². The average Bonchev–Trinajstić information content (AvgIpc) is 2.93. The number of hydrogen-bond acceptors (Lipinski definition) is 4. The summed E-state index contributed by atoms with van der Waals surface area (Å²) in [4.78, 5) is 30.5. The first-order chi connectivity index (χ1) is 17.6. The second-order valence-electron chi connectivity index (χ2n) is 8.68. The van der Waals surface area contributed by atoms with Crippen molar-refractivity contribution in [2.24, 2.45) is 0 Å². The molecule has 1 saturated heterocycles. The number of carbonyl (C=O) groups excluding carboxylic acids is 2. The van der Waals surface area contributed by atoms with E-state index in [1.54, 1.807) is 17.0 Å². The minimum absolute atomic E-state index is 0.112. The molecule has 0 aromatic heterocycles. The highest BCUT2D eigenvalue weighted by Gasteiger charge is 2.39. The first-order valence-electron chi connectivity index (χ1n) is 12.0. The Kier molecular flexibility index (Phi) is 8.48. The predicted molar refractivity (Wildman–Crippen MR) is 137 cm³/mol. The van der Waals surface area contributed by atoms with E-state index in [1.165, 1.54) is 19.2 Å². The zero-order chi connectivity index (χ0) is 25.3. The smallest absolute Gasteiger partial charge is 0.329 e. The number of carbonyl (C=O) groups is 2. The Hall–Kier alpha value is -3.95. The minimum atomic E-state index is -0.698. The Labute approximate surface area is 211 Å². The molecule has 1 aliphatic heterocycles. The van der Waals surface area contributed by atoms with E-state index in [-0.39, 0.29) is 11.7 Å². The molecule has 0 bridgehead atoms. The molecule has 0 saturated carbocycles. The van der Waals surface area contributed by atoms with Gasteiger partial charge in [0.1, 0.15) is 11.9 Å². The third-order valence-electron chi connectivity index (χ3n) is 6.36. The van der Waals surface area contributed by atoms with Crippen molar-refractivity contribution in [3.05, 3.63) is 107 Å². The number of halogens is 1. The summed E-state index contributed by atoms with van der Waals surface area (Å²) in [6.45, 7) is 2.09. The predicted octanol–water partition coefficient (Wildman–Crippen LogP) is 4.09. The van der Waals surface area contributed by atoms with Crippen molar-refractivity contribution in [3.8, 4) is 11.8 Å². The highest BCUT2D eigenvalue weighted by atomic mass is 19.1. The molecule has 1 atom stereocenters. The van der Waals surface area contributed by atoms with Crippen molar-refractivity contribution in [2.45, 2.75) is 18.4 Å². The van der Waals surface area contributed by atoms with Gasteiger partial charge < -0.3 is 9.64 Å². The Morgan fingerprint density at radius 1 is 0.944 bits per heavy atom. The maximum Gasteiger partial charge on any atom is 0.329 e. The van der Waals surface area contributed by atoms with Gasteiger partial charge in [0.2, 0.25) is 5.91 Å². The van der Waals surface area contributed by atoms with Gasteiger partial charge in [0.05, 0.1) is 13.0 Å². The van der Waals surface area contributed by atoms with E-state index < -0.39 is 17.9 Å². The van der Waals surface area contributed by atoms with Crippen LogP contribution in [-0.4, -0.2) is 61.0 Å². The lowest BCUT2D eigenvalue weighted by atomic mass is 9.89. The van der Waals surface area contributed by atoms with Crippen LogP contribution in [-0.2, 0) is 14.3 Å². The standard InChI is InChI=1S/C30H29FN2O3/c1-36-30(35)27-22-32(19-9-8-10-23-15-17-26(31)18-16-23)20-21-33(27)29(34)28(24-11-4-2-5-12-24)25-13-6-3-7-14-25/h2-7,11-18,27-28H,9,19-22H2,1H3. The van der Waals surface area contributed by atoms with Crippen molar-refractivity contribution >= 4 is 11.9 Å². The fourth-order valence-corrected chi connectivity index (χ4v) is 4.49. The Morgan fingerprint density at radius 2 is 1.56 bits per heavy atom. The fraction of sp³-hybridized carbons (Fsp3) is 0.267. The Morgan fingerprint density at radius 3 is 2.14 bits per heavy atom.